The molecule has 1 aliphatic heterocycles. The smallest absolute Gasteiger partial charge is 0.422 e. The summed E-state index contributed by atoms with van der Waals surface area (Å²) in [5, 5.41) is 0. The first-order valence-electron chi connectivity index (χ1n) is 7.07. The van der Waals surface area contributed by atoms with E-state index in [-0.39, 0.29) is 25.0 Å². The fourth-order valence-corrected chi connectivity index (χ4v) is 2.03. The van der Waals surface area contributed by atoms with Gasteiger partial charge in [0.05, 0.1) is 6.61 Å². The molecule has 2 heterocycles. The number of aromatic nitrogens is 2. The Morgan fingerprint density at radius 3 is 2.86 bits per heavy atom. The van der Waals surface area contributed by atoms with Gasteiger partial charge in [-0.3, -0.25) is 0 Å². The van der Waals surface area contributed by atoms with Crippen molar-refractivity contribution < 1.29 is 33.1 Å². The van der Waals surface area contributed by atoms with Crippen molar-refractivity contribution in [3.8, 4) is 11.8 Å². The maximum absolute atomic E-state index is 5.87. The third-order valence-electron chi connectivity index (χ3n) is 3.29. The van der Waals surface area contributed by atoms with Crippen LogP contribution in [0.3, 0.4) is 0 Å². The van der Waals surface area contributed by atoms with Gasteiger partial charge in [-0.05, 0) is 31.8 Å². The van der Waals surface area contributed by atoms with Gasteiger partial charge in [0.15, 0.2) is 5.79 Å². The molecule has 0 bridgehead atoms. The predicted octanol–water partition coefficient (Wildman–Crippen LogP) is -1.04. The number of ether oxygens (including phenoxy) is 3. The van der Waals surface area contributed by atoms with E-state index in [4.69, 9.17) is 14.2 Å². The molecule has 110 valence electrons. The van der Waals surface area contributed by atoms with Crippen molar-refractivity contribution in [2.24, 2.45) is 0 Å². The van der Waals surface area contributed by atoms with E-state index >= 15 is 0 Å². The van der Waals surface area contributed by atoms with E-state index in [1.165, 1.54) is 0 Å². The first-order valence-corrected chi connectivity index (χ1v) is 7.07. The Morgan fingerprint density at radius 2 is 2.24 bits per heavy atom. The van der Waals surface area contributed by atoms with Crippen LogP contribution < -0.4 is 18.9 Å². The van der Waals surface area contributed by atoms with E-state index in [1.54, 1.807) is 10.9 Å². The Balaban J connectivity index is 0.00000220. The molecule has 0 saturated carbocycles. The second-order valence-corrected chi connectivity index (χ2v) is 4.60. The Labute approximate surface area is 138 Å². The van der Waals surface area contributed by atoms with Crippen LogP contribution in [0.25, 0.3) is 0 Å². The molecule has 0 spiro atoms. The normalized spacial score (nSPS) is 19.7. The number of rotatable bonds is 5. The van der Waals surface area contributed by atoms with Crippen molar-refractivity contribution in [1.29, 1.82) is 0 Å². The molecule has 6 heteroatoms. The van der Waals surface area contributed by atoms with Gasteiger partial charge in [0, 0.05) is 6.61 Å². The van der Waals surface area contributed by atoms with Gasteiger partial charge < -0.3 is 23.8 Å². The Bertz CT molecular complexity index is 489. The minimum atomic E-state index is -0.461. The van der Waals surface area contributed by atoms with Crippen molar-refractivity contribution in [2.75, 3.05) is 13.2 Å². The van der Waals surface area contributed by atoms with Crippen molar-refractivity contribution in [2.45, 2.75) is 52.2 Å². The van der Waals surface area contributed by atoms with Gasteiger partial charge in [-0.15, -0.1) is 5.92 Å². The van der Waals surface area contributed by atoms with Crippen LogP contribution in [0, 0.1) is 18.0 Å². The van der Waals surface area contributed by atoms with Gasteiger partial charge in [-0.25, -0.2) is 0 Å². The van der Waals surface area contributed by atoms with Crippen LogP contribution in [0.4, 0.5) is 0 Å². The number of imidazole rings is 1. The second-order valence-electron chi connectivity index (χ2n) is 4.60. The van der Waals surface area contributed by atoms with Crippen molar-refractivity contribution in [3.63, 3.8) is 0 Å². The van der Waals surface area contributed by atoms with E-state index in [0.29, 0.717) is 25.6 Å². The molecule has 2 rings (SSSR count). The first-order chi connectivity index (χ1) is 9.71. The molecule has 0 aliphatic carbocycles. The third-order valence-corrected chi connectivity index (χ3v) is 3.29. The molecule has 5 nitrogen and oxygen atoms in total. The maximum Gasteiger partial charge on any atom is 1.00 e. The van der Waals surface area contributed by atoms with Crippen LogP contribution in [-0.4, -0.2) is 34.7 Å². The third kappa shape index (κ3) is 4.88. The van der Waals surface area contributed by atoms with Gasteiger partial charge in [-0.2, -0.15) is 5.92 Å². The fraction of sp³-hybridized carbons (Fsp3) is 0.667. The molecular weight excluding hydrogens is 263 g/mol. The summed E-state index contributed by atoms with van der Waals surface area (Å²) in [6.45, 7) is 7.68. The molecule has 0 aromatic carbocycles. The average Bonchev–Trinajstić information content (AvgIpc) is 3.10. The molecule has 0 amide bonds. The van der Waals surface area contributed by atoms with E-state index in [2.05, 4.69) is 36.9 Å². The maximum atomic E-state index is 5.87. The van der Waals surface area contributed by atoms with Gasteiger partial charge in [0.2, 0.25) is 0 Å². The Kier molecular flexibility index (Phi) is 7.52. The molecule has 0 radical (unpaired) electrons. The summed E-state index contributed by atoms with van der Waals surface area (Å²) >= 11 is 0. The Morgan fingerprint density at radius 1 is 1.48 bits per heavy atom. The quantitative estimate of drug-likeness (QED) is 0.394. The summed E-state index contributed by atoms with van der Waals surface area (Å²) in [5.74, 6) is 5.56. The van der Waals surface area contributed by atoms with Crippen molar-refractivity contribution in [3.05, 3.63) is 18.2 Å². The van der Waals surface area contributed by atoms with E-state index in [9.17, 15) is 0 Å². The number of hydrogen-bond acceptors (Lipinski definition) is 4. The van der Waals surface area contributed by atoms with Crippen LogP contribution in [-0.2, 0) is 20.9 Å². The Hall–Kier alpha value is -0.753. The molecule has 1 saturated heterocycles. The summed E-state index contributed by atoms with van der Waals surface area (Å²) in [5.41, 5.74) is 0.596. The largest absolute Gasteiger partial charge is 1.00 e. The zero-order valence-corrected chi connectivity index (χ0v) is 13.3. The van der Waals surface area contributed by atoms with Crippen molar-refractivity contribution >= 4 is 0 Å². The standard InChI is InChI=1S/C15H21N2O3.Li/c1-4-15(5-2)19-10-14(20-15)8-7-13-9-17(11-16-13)12-18-6-3;/h11,14H,4-6,10,12H2,1-3H3;/q-1;+1/t14-;/m0./s1. The molecule has 1 atom stereocenters. The SMILES string of the molecule is CCOCn1[c-]c(C#C[C@H]2COC(CC)(CC)O2)nc1.[Li+]. The average molecular weight is 284 g/mol. The molecule has 0 N–H and O–H groups in total. The molecule has 21 heavy (non-hydrogen) atoms. The predicted molar refractivity (Wildman–Crippen MR) is 73.7 cm³/mol. The minimum Gasteiger partial charge on any atom is -0.422 e. The first kappa shape index (κ1) is 18.3. The molecule has 1 fully saturated rings. The van der Waals surface area contributed by atoms with Crippen LogP contribution in [0.5, 0.6) is 0 Å². The number of nitrogens with zero attached hydrogens (tertiary/aromatic N) is 2. The van der Waals surface area contributed by atoms with Gasteiger partial charge in [-0.1, -0.05) is 20.0 Å². The number of hydrogen-bond donors (Lipinski definition) is 0. The summed E-state index contributed by atoms with van der Waals surface area (Å²) in [7, 11) is 0. The van der Waals surface area contributed by atoms with Crippen LogP contribution in [0.1, 0.15) is 39.3 Å². The molecule has 1 aromatic rings. The second kappa shape index (κ2) is 8.63. The van der Waals surface area contributed by atoms with Gasteiger partial charge in [0.25, 0.3) is 0 Å². The molecule has 0 unspecified atom stereocenters. The topological polar surface area (TPSA) is 45.5 Å². The van der Waals surface area contributed by atoms with Crippen LogP contribution >= 0.6 is 0 Å². The zero-order valence-electron chi connectivity index (χ0n) is 13.3. The van der Waals surface area contributed by atoms with Crippen LogP contribution in [0.2, 0.25) is 0 Å². The summed E-state index contributed by atoms with van der Waals surface area (Å²) in [6.07, 6.45) is 6.16. The molecular formula is C15H21LiN2O3. The summed E-state index contributed by atoms with van der Waals surface area (Å²) in [4.78, 5) is 4.16. The monoisotopic (exact) mass is 284 g/mol. The molecule has 1 aromatic heterocycles. The summed E-state index contributed by atoms with van der Waals surface area (Å²) in [6, 6.07) is 0. The van der Waals surface area contributed by atoms with Crippen molar-refractivity contribution in [1.82, 2.24) is 9.55 Å². The van der Waals surface area contributed by atoms with Gasteiger partial charge >= 0.3 is 18.9 Å². The van der Waals surface area contributed by atoms with Crippen LogP contribution in [0.15, 0.2) is 6.33 Å². The fourth-order valence-electron chi connectivity index (χ4n) is 2.03. The van der Waals surface area contributed by atoms with Gasteiger partial charge in [0.1, 0.15) is 12.8 Å². The van der Waals surface area contributed by atoms with E-state index in [0.717, 1.165) is 12.8 Å². The van der Waals surface area contributed by atoms with E-state index < -0.39 is 5.79 Å². The zero-order chi connectivity index (χ0) is 14.4. The molecule has 1 aliphatic rings. The van der Waals surface area contributed by atoms with E-state index in [1.807, 2.05) is 6.92 Å². The minimum absolute atomic E-state index is 0. The summed E-state index contributed by atoms with van der Waals surface area (Å²) < 4.78 is 18.6.